The Labute approximate surface area is 182 Å². The van der Waals surface area contributed by atoms with Gasteiger partial charge in [0.1, 0.15) is 17.1 Å². The third-order valence-electron chi connectivity index (χ3n) is 5.69. The summed E-state index contributed by atoms with van der Waals surface area (Å²) in [6.07, 6.45) is 1.58. The average molecular weight is 445 g/mol. The number of hydrogen-bond acceptors (Lipinski definition) is 5. The van der Waals surface area contributed by atoms with Gasteiger partial charge in [0.2, 0.25) is 5.91 Å². The number of para-hydroxylation sites is 1. The van der Waals surface area contributed by atoms with Gasteiger partial charge in [0.15, 0.2) is 0 Å². The number of rotatable bonds is 6. The van der Waals surface area contributed by atoms with Crippen molar-refractivity contribution in [3.05, 3.63) is 62.4 Å². The summed E-state index contributed by atoms with van der Waals surface area (Å²) in [6, 6.07) is 8.33. The maximum Gasteiger partial charge on any atom is 0.332 e. The topological polar surface area (TPSA) is 67.6 Å². The third kappa shape index (κ3) is 4.14. The van der Waals surface area contributed by atoms with Crippen molar-refractivity contribution in [2.75, 3.05) is 31.1 Å². The van der Waals surface area contributed by atoms with Crippen molar-refractivity contribution in [3.8, 4) is 0 Å². The molecule has 0 radical (unpaired) electrons. The minimum Gasteiger partial charge on any atom is -0.366 e. The average Bonchev–Trinajstić information content (AvgIpc) is 3.27. The van der Waals surface area contributed by atoms with Gasteiger partial charge in [0.05, 0.1) is 11.2 Å². The molecule has 1 amide bonds. The van der Waals surface area contributed by atoms with Crippen LogP contribution in [0.25, 0.3) is 10.2 Å². The summed E-state index contributed by atoms with van der Waals surface area (Å²) in [4.78, 5) is 42.3. The van der Waals surface area contributed by atoms with Gasteiger partial charge in [-0.25, -0.2) is 9.18 Å². The largest absolute Gasteiger partial charge is 0.366 e. The van der Waals surface area contributed by atoms with Crippen LogP contribution in [0.15, 0.2) is 45.3 Å². The van der Waals surface area contributed by atoms with E-state index in [1.807, 2.05) is 11.8 Å². The number of halogens is 1. The highest BCUT2D eigenvalue weighted by Gasteiger charge is 2.24. The number of benzene rings is 1. The van der Waals surface area contributed by atoms with E-state index in [-0.39, 0.29) is 23.8 Å². The van der Waals surface area contributed by atoms with Crippen LogP contribution in [0.5, 0.6) is 0 Å². The molecule has 0 N–H and O–H groups in total. The predicted molar refractivity (Wildman–Crippen MR) is 120 cm³/mol. The molecule has 2 aromatic heterocycles. The van der Waals surface area contributed by atoms with Crippen molar-refractivity contribution in [2.24, 2.45) is 0 Å². The van der Waals surface area contributed by atoms with E-state index in [9.17, 15) is 18.8 Å². The van der Waals surface area contributed by atoms with E-state index in [1.54, 1.807) is 34.5 Å². The molecule has 1 aliphatic rings. The molecule has 3 heterocycles. The Bertz CT molecular complexity index is 1210. The van der Waals surface area contributed by atoms with E-state index >= 15 is 0 Å². The summed E-state index contributed by atoms with van der Waals surface area (Å²) in [6.45, 7) is 4.17. The van der Waals surface area contributed by atoms with Crippen LogP contribution >= 0.6 is 11.3 Å². The van der Waals surface area contributed by atoms with E-state index in [2.05, 4.69) is 0 Å². The number of fused-ring (bicyclic) bond motifs is 1. The summed E-state index contributed by atoms with van der Waals surface area (Å²) in [5.41, 5.74) is 0.313. The van der Waals surface area contributed by atoms with Crippen LogP contribution in [-0.4, -0.2) is 46.1 Å². The summed E-state index contributed by atoms with van der Waals surface area (Å²) in [7, 11) is 0. The van der Waals surface area contributed by atoms with Crippen LogP contribution in [0.3, 0.4) is 0 Å². The molecule has 1 aliphatic heterocycles. The second-order valence-electron chi connectivity index (χ2n) is 7.63. The van der Waals surface area contributed by atoms with E-state index in [0.717, 1.165) is 12.8 Å². The Kier molecular flexibility index (Phi) is 6.22. The molecule has 3 aromatic rings. The van der Waals surface area contributed by atoms with Gasteiger partial charge in [-0.15, -0.1) is 11.3 Å². The summed E-state index contributed by atoms with van der Waals surface area (Å²) >= 11 is 1.29. The van der Waals surface area contributed by atoms with Crippen molar-refractivity contribution in [3.63, 3.8) is 0 Å². The number of thiophene rings is 1. The van der Waals surface area contributed by atoms with Gasteiger partial charge in [-0.1, -0.05) is 25.5 Å². The number of unbranched alkanes of at least 4 members (excludes halogenated alkanes) is 1. The fraction of sp³-hybridized carbons (Fsp3) is 0.409. The molecule has 31 heavy (non-hydrogen) atoms. The van der Waals surface area contributed by atoms with Crippen molar-refractivity contribution in [1.82, 2.24) is 14.0 Å². The number of aromatic nitrogens is 2. The number of carbonyl (C=O) groups is 1. The van der Waals surface area contributed by atoms with E-state index in [4.69, 9.17) is 0 Å². The number of nitrogens with zero attached hydrogens (tertiary/aromatic N) is 4. The first-order valence-electron chi connectivity index (χ1n) is 10.5. The molecule has 4 rings (SSSR count). The maximum atomic E-state index is 14.1. The van der Waals surface area contributed by atoms with Crippen LogP contribution in [0, 0.1) is 5.82 Å². The lowest BCUT2D eigenvalue weighted by atomic mass is 10.2. The van der Waals surface area contributed by atoms with Crippen LogP contribution in [0.4, 0.5) is 10.1 Å². The zero-order valence-electron chi connectivity index (χ0n) is 17.4. The molecule has 164 valence electrons. The van der Waals surface area contributed by atoms with Crippen molar-refractivity contribution >= 4 is 33.1 Å². The van der Waals surface area contributed by atoms with Crippen LogP contribution in [0.1, 0.15) is 19.8 Å². The Hall–Kier alpha value is -2.94. The quantitative estimate of drug-likeness (QED) is 0.586. The molecule has 1 aromatic carbocycles. The molecule has 1 saturated heterocycles. The molecule has 9 heteroatoms. The Morgan fingerprint density at radius 3 is 2.52 bits per heavy atom. The van der Waals surface area contributed by atoms with Crippen molar-refractivity contribution in [1.29, 1.82) is 0 Å². The van der Waals surface area contributed by atoms with Gasteiger partial charge in [-0.3, -0.25) is 18.7 Å². The monoisotopic (exact) mass is 444 g/mol. The molecule has 0 atom stereocenters. The first-order chi connectivity index (χ1) is 15.0. The molecule has 1 fully saturated rings. The highest BCUT2D eigenvalue weighted by atomic mass is 32.1. The molecular formula is C22H25FN4O3S. The van der Waals surface area contributed by atoms with Gasteiger partial charge in [0, 0.05) is 32.7 Å². The Morgan fingerprint density at radius 1 is 1.06 bits per heavy atom. The zero-order valence-corrected chi connectivity index (χ0v) is 18.2. The zero-order chi connectivity index (χ0) is 22.0. The molecular weight excluding hydrogens is 419 g/mol. The Balaban J connectivity index is 1.53. The number of amides is 1. The predicted octanol–water partition coefficient (Wildman–Crippen LogP) is 2.51. The second-order valence-corrected chi connectivity index (χ2v) is 8.55. The van der Waals surface area contributed by atoms with Gasteiger partial charge in [-0.05, 0) is 30.0 Å². The van der Waals surface area contributed by atoms with E-state index in [1.165, 1.54) is 26.5 Å². The van der Waals surface area contributed by atoms with E-state index < -0.39 is 5.69 Å². The lowest BCUT2D eigenvalue weighted by Gasteiger charge is -2.36. The fourth-order valence-corrected chi connectivity index (χ4v) is 4.78. The van der Waals surface area contributed by atoms with Gasteiger partial charge < -0.3 is 9.80 Å². The summed E-state index contributed by atoms with van der Waals surface area (Å²) < 4.78 is 17.2. The third-order valence-corrected chi connectivity index (χ3v) is 6.58. The van der Waals surface area contributed by atoms with E-state index in [0.29, 0.717) is 48.6 Å². The Morgan fingerprint density at radius 2 is 1.81 bits per heavy atom. The van der Waals surface area contributed by atoms with Crippen LogP contribution < -0.4 is 16.1 Å². The standard InChI is InChI=1S/C22H25FN4O3S/c1-2-3-9-26-21(29)20-18(8-14-31-20)27(22(26)30)15-19(28)25-12-10-24(11-13-25)17-7-5-4-6-16(17)23/h4-8,14H,2-3,9-13,15H2,1H3. The summed E-state index contributed by atoms with van der Waals surface area (Å²) in [5.74, 6) is -0.452. The molecule has 0 unspecified atom stereocenters. The van der Waals surface area contributed by atoms with Crippen molar-refractivity contribution < 1.29 is 9.18 Å². The lowest BCUT2D eigenvalue weighted by Crippen LogP contribution is -2.51. The summed E-state index contributed by atoms with van der Waals surface area (Å²) in [5, 5.41) is 1.77. The SMILES string of the molecule is CCCCn1c(=O)c2sccc2n(CC(=O)N2CCN(c3ccccc3F)CC2)c1=O. The normalized spacial score (nSPS) is 14.4. The minimum atomic E-state index is -0.442. The maximum absolute atomic E-state index is 14.1. The first-order valence-corrected chi connectivity index (χ1v) is 11.4. The van der Waals surface area contributed by atoms with Crippen LogP contribution in [0.2, 0.25) is 0 Å². The van der Waals surface area contributed by atoms with Crippen molar-refractivity contribution in [2.45, 2.75) is 32.9 Å². The van der Waals surface area contributed by atoms with Gasteiger partial charge in [0.25, 0.3) is 5.56 Å². The molecule has 0 bridgehead atoms. The fourth-order valence-electron chi connectivity index (χ4n) is 3.94. The molecule has 0 spiro atoms. The second kappa shape index (κ2) is 9.05. The van der Waals surface area contributed by atoms with Gasteiger partial charge >= 0.3 is 5.69 Å². The molecule has 7 nitrogen and oxygen atoms in total. The highest BCUT2D eigenvalue weighted by Crippen LogP contribution is 2.20. The number of piperazine rings is 1. The number of anilines is 1. The first kappa shape index (κ1) is 21.3. The smallest absolute Gasteiger partial charge is 0.332 e. The molecule has 0 aliphatic carbocycles. The highest BCUT2D eigenvalue weighted by molar-refractivity contribution is 7.17. The number of carbonyl (C=O) groups excluding carboxylic acids is 1. The molecule has 0 saturated carbocycles. The lowest BCUT2D eigenvalue weighted by molar-refractivity contribution is -0.132. The van der Waals surface area contributed by atoms with Crippen LogP contribution in [-0.2, 0) is 17.9 Å². The van der Waals surface area contributed by atoms with Gasteiger partial charge in [-0.2, -0.15) is 0 Å². The number of hydrogen-bond donors (Lipinski definition) is 0. The minimum absolute atomic E-state index is 0.113.